The van der Waals surface area contributed by atoms with E-state index < -0.39 is 5.82 Å². The zero-order valence-electron chi connectivity index (χ0n) is 17.1. The molecule has 2 N–H and O–H groups in total. The van der Waals surface area contributed by atoms with Crippen molar-refractivity contribution in [3.63, 3.8) is 0 Å². The van der Waals surface area contributed by atoms with Crippen LogP contribution in [0.5, 0.6) is 5.75 Å². The van der Waals surface area contributed by atoms with E-state index in [0.717, 1.165) is 11.1 Å². The number of halogens is 2. The second-order valence-corrected chi connectivity index (χ2v) is 7.35. The van der Waals surface area contributed by atoms with Gasteiger partial charge >= 0.3 is 6.03 Å². The van der Waals surface area contributed by atoms with Crippen molar-refractivity contribution in [1.29, 1.82) is 0 Å². The average molecular weight is 437 g/mol. The maximum atomic E-state index is 13.7. The summed E-state index contributed by atoms with van der Waals surface area (Å²) in [7, 11) is 0. The second kappa shape index (κ2) is 9.47. The van der Waals surface area contributed by atoms with Crippen molar-refractivity contribution >= 4 is 23.3 Å². The van der Waals surface area contributed by atoms with Gasteiger partial charge in [-0.2, -0.15) is 0 Å². The van der Waals surface area contributed by atoms with Gasteiger partial charge in [0.05, 0.1) is 25.2 Å². The van der Waals surface area contributed by atoms with Gasteiger partial charge < -0.3 is 20.3 Å². The molecule has 0 saturated carbocycles. The Morgan fingerprint density at radius 1 is 0.969 bits per heavy atom. The lowest BCUT2D eigenvalue weighted by molar-refractivity contribution is -0.115. The van der Waals surface area contributed by atoms with E-state index in [1.807, 2.05) is 0 Å². The Kier molecular flexibility index (Phi) is 6.30. The summed E-state index contributed by atoms with van der Waals surface area (Å²) in [4.78, 5) is 26.4. The van der Waals surface area contributed by atoms with Gasteiger partial charge in [-0.1, -0.05) is 30.3 Å². The van der Waals surface area contributed by atoms with E-state index in [-0.39, 0.29) is 36.5 Å². The molecule has 0 spiro atoms. The molecule has 3 aromatic carbocycles. The van der Waals surface area contributed by atoms with E-state index in [4.69, 9.17) is 4.74 Å². The van der Waals surface area contributed by atoms with Crippen LogP contribution in [0.3, 0.4) is 0 Å². The molecule has 3 aromatic rings. The Labute approximate surface area is 183 Å². The molecule has 0 unspecified atom stereocenters. The summed E-state index contributed by atoms with van der Waals surface area (Å²) < 4.78 is 32.6. The van der Waals surface area contributed by atoms with Crippen LogP contribution in [0.15, 0.2) is 66.7 Å². The molecular weight excluding hydrogens is 416 g/mol. The molecule has 1 aliphatic heterocycles. The number of benzene rings is 3. The molecule has 3 amide bonds. The second-order valence-electron chi connectivity index (χ2n) is 7.35. The van der Waals surface area contributed by atoms with Crippen molar-refractivity contribution in [2.24, 2.45) is 0 Å². The van der Waals surface area contributed by atoms with Gasteiger partial charge in [0.15, 0.2) is 0 Å². The van der Waals surface area contributed by atoms with Crippen molar-refractivity contribution < 1.29 is 23.1 Å². The van der Waals surface area contributed by atoms with Gasteiger partial charge in [0, 0.05) is 17.3 Å². The summed E-state index contributed by atoms with van der Waals surface area (Å²) in [6, 6.07) is 16.8. The number of carbonyl (C=O) groups excluding carboxylic acids is 2. The number of para-hydroxylation sites is 1. The summed E-state index contributed by atoms with van der Waals surface area (Å²) in [6.07, 6.45) is 0.0688. The quantitative estimate of drug-likeness (QED) is 0.628. The highest BCUT2D eigenvalue weighted by Gasteiger charge is 2.20. The number of urea groups is 1. The maximum absolute atomic E-state index is 13.7. The summed E-state index contributed by atoms with van der Waals surface area (Å²) in [6.45, 7) is 0.923. The summed E-state index contributed by atoms with van der Waals surface area (Å²) in [5, 5.41) is 5.36. The van der Waals surface area contributed by atoms with E-state index in [1.165, 1.54) is 24.3 Å². The minimum absolute atomic E-state index is 0.0688. The predicted octanol–water partition coefficient (Wildman–Crippen LogP) is 4.57. The van der Waals surface area contributed by atoms with E-state index in [2.05, 4.69) is 10.6 Å². The van der Waals surface area contributed by atoms with Crippen LogP contribution in [0.25, 0.3) is 0 Å². The molecule has 0 saturated heterocycles. The van der Waals surface area contributed by atoms with Gasteiger partial charge in [-0.25, -0.2) is 13.6 Å². The summed E-state index contributed by atoms with van der Waals surface area (Å²) >= 11 is 0. The average Bonchev–Trinajstić information content (AvgIpc) is 2.99. The smallest absolute Gasteiger partial charge is 0.322 e. The van der Waals surface area contributed by atoms with Gasteiger partial charge in [-0.05, 0) is 35.9 Å². The molecule has 0 atom stereocenters. The molecule has 164 valence electrons. The fraction of sp³-hybridized carbons (Fsp3) is 0.167. The van der Waals surface area contributed by atoms with Gasteiger partial charge in [-0.15, -0.1) is 0 Å². The fourth-order valence-corrected chi connectivity index (χ4v) is 3.37. The molecule has 1 heterocycles. The molecule has 0 aliphatic carbocycles. The topological polar surface area (TPSA) is 70.7 Å². The number of hydrogen-bond acceptors (Lipinski definition) is 3. The van der Waals surface area contributed by atoms with E-state index >= 15 is 0 Å². The van der Waals surface area contributed by atoms with Crippen LogP contribution in [0.2, 0.25) is 0 Å². The van der Waals surface area contributed by atoms with Gasteiger partial charge in [-0.3, -0.25) is 4.79 Å². The fourth-order valence-electron chi connectivity index (χ4n) is 3.37. The minimum atomic E-state index is -0.495. The maximum Gasteiger partial charge on any atom is 0.322 e. The van der Waals surface area contributed by atoms with E-state index in [0.29, 0.717) is 24.5 Å². The van der Waals surface area contributed by atoms with Gasteiger partial charge in [0.2, 0.25) is 5.91 Å². The Hall–Kier alpha value is -3.94. The molecule has 8 heteroatoms. The van der Waals surface area contributed by atoms with Crippen LogP contribution in [0.1, 0.15) is 11.1 Å². The van der Waals surface area contributed by atoms with E-state index in [9.17, 15) is 18.4 Å². The number of nitrogens with one attached hydrogen (secondary N) is 2. The van der Waals surface area contributed by atoms with Crippen LogP contribution in [-0.2, 0) is 17.8 Å². The van der Waals surface area contributed by atoms with Crippen LogP contribution < -0.4 is 15.4 Å². The highest BCUT2D eigenvalue weighted by Crippen LogP contribution is 2.24. The lowest BCUT2D eigenvalue weighted by atomic mass is 10.1. The number of amides is 3. The zero-order chi connectivity index (χ0) is 22.5. The molecule has 1 aliphatic rings. The third-order valence-corrected chi connectivity index (χ3v) is 5.01. The van der Waals surface area contributed by atoms with Crippen molar-refractivity contribution in [2.45, 2.75) is 13.0 Å². The Balaban J connectivity index is 1.34. The summed E-state index contributed by atoms with van der Waals surface area (Å²) in [5.41, 5.74) is 2.15. The highest BCUT2D eigenvalue weighted by molar-refractivity contribution is 5.92. The standard InChI is InChI=1S/C24H21F2N3O3/c25-18-8-7-17-15-29(11-12-32-22(17)14-18)24(31)27-19-9-5-16(6-10-19)13-23(30)28-21-4-2-1-3-20(21)26/h1-10,14H,11-13,15H2,(H,27,31)(H,28,30). The normalized spacial score (nSPS) is 12.9. The number of hydrogen-bond donors (Lipinski definition) is 2. The van der Waals surface area contributed by atoms with Crippen LogP contribution >= 0.6 is 0 Å². The summed E-state index contributed by atoms with van der Waals surface area (Å²) in [5.74, 6) is -0.778. The predicted molar refractivity (Wildman–Crippen MR) is 116 cm³/mol. The van der Waals surface area contributed by atoms with Crippen molar-refractivity contribution in [3.05, 3.63) is 89.5 Å². The monoisotopic (exact) mass is 437 g/mol. The minimum Gasteiger partial charge on any atom is -0.491 e. The van der Waals surface area contributed by atoms with Crippen LogP contribution in [0, 0.1) is 11.6 Å². The first-order valence-electron chi connectivity index (χ1n) is 10.1. The SMILES string of the molecule is O=C(Cc1ccc(NC(=O)N2CCOc3cc(F)ccc3C2)cc1)Nc1ccccc1F. The molecule has 32 heavy (non-hydrogen) atoms. The number of rotatable bonds is 4. The zero-order valence-corrected chi connectivity index (χ0v) is 17.1. The largest absolute Gasteiger partial charge is 0.491 e. The Bertz CT molecular complexity index is 1140. The number of ether oxygens (including phenoxy) is 1. The lowest BCUT2D eigenvalue weighted by Gasteiger charge is -2.20. The molecule has 0 aromatic heterocycles. The Morgan fingerprint density at radius 3 is 2.53 bits per heavy atom. The van der Waals surface area contributed by atoms with Crippen molar-refractivity contribution in [1.82, 2.24) is 4.90 Å². The molecule has 6 nitrogen and oxygen atoms in total. The van der Waals surface area contributed by atoms with Gasteiger partial charge in [0.25, 0.3) is 0 Å². The highest BCUT2D eigenvalue weighted by atomic mass is 19.1. The van der Waals surface area contributed by atoms with Crippen LogP contribution in [-0.4, -0.2) is 30.0 Å². The Morgan fingerprint density at radius 2 is 1.75 bits per heavy atom. The third kappa shape index (κ3) is 5.21. The molecule has 0 radical (unpaired) electrons. The first-order chi connectivity index (χ1) is 15.5. The molecular formula is C24H21F2N3O3. The number of anilines is 2. The molecule has 0 fully saturated rings. The van der Waals surface area contributed by atoms with Crippen molar-refractivity contribution in [3.8, 4) is 5.75 Å². The first kappa shape index (κ1) is 21.3. The molecule has 0 bridgehead atoms. The van der Waals surface area contributed by atoms with Crippen LogP contribution in [0.4, 0.5) is 25.0 Å². The molecule has 4 rings (SSSR count). The number of nitrogens with zero attached hydrogens (tertiary/aromatic N) is 1. The van der Waals surface area contributed by atoms with E-state index in [1.54, 1.807) is 47.4 Å². The third-order valence-electron chi connectivity index (χ3n) is 5.01. The lowest BCUT2D eigenvalue weighted by Crippen LogP contribution is -2.36. The van der Waals surface area contributed by atoms with Crippen molar-refractivity contribution in [2.75, 3.05) is 23.8 Å². The number of carbonyl (C=O) groups is 2. The number of fused-ring (bicyclic) bond motifs is 1. The van der Waals surface area contributed by atoms with Gasteiger partial charge in [0.1, 0.15) is 24.0 Å². The first-order valence-corrected chi connectivity index (χ1v) is 10.1.